The summed E-state index contributed by atoms with van der Waals surface area (Å²) in [5.74, 6) is -0.663. The molecule has 0 amide bonds. The number of aromatic hydroxyl groups is 1. The predicted molar refractivity (Wildman–Crippen MR) is 102 cm³/mol. The highest BCUT2D eigenvalue weighted by Gasteiger charge is 2.47. The van der Waals surface area contributed by atoms with Gasteiger partial charge in [0.2, 0.25) is 5.75 Å². The summed E-state index contributed by atoms with van der Waals surface area (Å²) in [6.07, 6.45) is 6.13. The van der Waals surface area contributed by atoms with Crippen molar-refractivity contribution in [2.45, 2.75) is 70.4 Å². The second-order valence-electron chi connectivity index (χ2n) is 7.47. The molecule has 0 aromatic heterocycles. The number of nitrogens with zero attached hydrogens (tertiary/aromatic N) is 1. The normalized spacial score (nSPS) is 24.5. The Morgan fingerprint density at radius 2 is 2.19 bits per heavy atom. The van der Waals surface area contributed by atoms with Crippen LogP contribution in [0.5, 0.6) is 11.5 Å². The number of halogens is 1. The molecule has 1 saturated carbocycles. The second-order valence-corrected chi connectivity index (χ2v) is 7.47. The molecular formula is C21H32FNO3. The quantitative estimate of drug-likeness (QED) is 0.659. The fourth-order valence-electron chi connectivity index (χ4n) is 4.48. The van der Waals surface area contributed by atoms with Crippen LogP contribution >= 0.6 is 0 Å². The largest absolute Gasteiger partial charge is 0.504 e. The van der Waals surface area contributed by atoms with Gasteiger partial charge in [0, 0.05) is 28.6 Å². The van der Waals surface area contributed by atoms with E-state index in [1.165, 1.54) is 6.07 Å². The van der Waals surface area contributed by atoms with Crippen LogP contribution in [0.4, 0.5) is 4.53 Å². The van der Waals surface area contributed by atoms with E-state index in [2.05, 4.69) is 23.3 Å². The lowest BCUT2D eigenvalue weighted by atomic mass is 9.67. The summed E-state index contributed by atoms with van der Waals surface area (Å²) in [4.78, 5) is 6.06. The maximum atomic E-state index is 12.8. The first kappa shape index (κ1) is 20.7. The van der Waals surface area contributed by atoms with Crippen molar-refractivity contribution in [3.05, 3.63) is 35.9 Å². The maximum Gasteiger partial charge on any atom is 0.213 e. The Morgan fingerprint density at radius 3 is 2.81 bits per heavy atom. The molecule has 1 aliphatic rings. The molecule has 0 aliphatic heterocycles. The van der Waals surface area contributed by atoms with Gasteiger partial charge in [0.25, 0.3) is 0 Å². The van der Waals surface area contributed by atoms with E-state index in [4.69, 9.17) is 0 Å². The summed E-state index contributed by atoms with van der Waals surface area (Å²) in [6, 6.07) is 3.04. The number of hydrogen-bond acceptors (Lipinski definition) is 4. The molecule has 0 radical (unpaired) electrons. The fraction of sp³-hybridized carbons (Fsp3) is 0.619. The lowest BCUT2D eigenvalue weighted by Gasteiger charge is -2.48. The Kier molecular flexibility index (Phi) is 7.07. The number of phenols is 1. The molecule has 2 rings (SSSR count). The Bertz CT molecular complexity index is 622. The first-order valence-corrected chi connectivity index (χ1v) is 9.59. The molecule has 1 aromatic carbocycles. The van der Waals surface area contributed by atoms with Crippen LogP contribution in [0.2, 0.25) is 0 Å². The highest BCUT2D eigenvalue weighted by molar-refractivity contribution is 5.52. The van der Waals surface area contributed by atoms with Gasteiger partial charge in [-0.15, -0.1) is 6.58 Å². The van der Waals surface area contributed by atoms with E-state index in [-0.39, 0.29) is 23.5 Å². The topological polar surface area (TPSA) is 52.9 Å². The van der Waals surface area contributed by atoms with Crippen LogP contribution in [0.1, 0.15) is 63.0 Å². The Balaban J connectivity index is 2.48. The van der Waals surface area contributed by atoms with E-state index < -0.39 is 5.60 Å². The average molecular weight is 365 g/mol. The third kappa shape index (κ3) is 3.89. The standard InChI is InChI=1S/C21H32FNO3/c1-5-13-23(14-6-2)16(4)21(25)12-8-7-9-17(21)19-15(3)10-11-18(26-22)20(19)24/h5,10-11,16-17,24-25H,1,6-9,12-14H2,2-4H3. The molecule has 5 heteroatoms. The van der Waals surface area contributed by atoms with Gasteiger partial charge in [-0.3, -0.25) is 9.84 Å². The molecular weight excluding hydrogens is 333 g/mol. The van der Waals surface area contributed by atoms with Crippen LogP contribution in [0.15, 0.2) is 24.8 Å². The van der Waals surface area contributed by atoms with E-state index >= 15 is 0 Å². The van der Waals surface area contributed by atoms with Gasteiger partial charge in [-0.25, -0.2) is 0 Å². The lowest BCUT2D eigenvalue weighted by molar-refractivity contribution is -0.0803. The van der Waals surface area contributed by atoms with Gasteiger partial charge in [-0.2, -0.15) is 0 Å². The zero-order valence-corrected chi connectivity index (χ0v) is 16.2. The zero-order chi connectivity index (χ0) is 19.3. The molecule has 146 valence electrons. The average Bonchev–Trinajstić information content (AvgIpc) is 2.62. The van der Waals surface area contributed by atoms with Crippen molar-refractivity contribution in [3.8, 4) is 11.5 Å². The van der Waals surface area contributed by atoms with Crippen LogP contribution in [0, 0.1) is 6.92 Å². The number of hydrogen-bond donors (Lipinski definition) is 2. The number of phenolic OH excluding ortho intramolecular Hbond substituents is 1. The molecule has 3 unspecified atom stereocenters. The molecule has 0 bridgehead atoms. The summed E-state index contributed by atoms with van der Waals surface area (Å²) in [5, 5.41) is 22.3. The minimum Gasteiger partial charge on any atom is -0.504 e. The van der Waals surface area contributed by atoms with Crippen LogP contribution in [-0.2, 0) is 0 Å². The highest BCUT2D eigenvalue weighted by Crippen LogP contribution is 2.49. The number of aryl methyl sites for hydroxylation is 1. The lowest BCUT2D eigenvalue weighted by Crippen LogP contribution is -2.56. The van der Waals surface area contributed by atoms with Crippen LogP contribution in [0.25, 0.3) is 0 Å². The fourth-order valence-corrected chi connectivity index (χ4v) is 4.48. The molecule has 0 saturated heterocycles. The Hall–Kier alpha value is -1.59. The molecule has 4 nitrogen and oxygen atoms in total. The van der Waals surface area contributed by atoms with Crippen molar-refractivity contribution in [1.29, 1.82) is 0 Å². The van der Waals surface area contributed by atoms with Crippen molar-refractivity contribution in [2.24, 2.45) is 0 Å². The van der Waals surface area contributed by atoms with Gasteiger partial charge in [0.1, 0.15) is 0 Å². The van der Waals surface area contributed by atoms with Gasteiger partial charge in [0.15, 0.2) is 5.75 Å². The summed E-state index contributed by atoms with van der Waals surface area (Å²) in [6.45, 7) is 11.4. The van der Waals surface area contributed by atoms with Crippen molar-refractivity contribution < 1.29 is 19.7 Å². The van der Waals surface area contributed by atoms with E-state index in [1.54, 1.807) is 6.07 Å². The van der Waals surface area contributed by atoms with Crippen molar-refractivity contribution >= 4 is 0 Å². The second kappa shape index (κ2) is 8.87. The minimum absolute atomic E-state index is 0.112. The summed E-state index contributed by atoms with van der Waals surface area (Å²) in [7, 11) is 0. The predicted octanol–water partition coefficient (Wildman–Crippen LogP) is 4.64. The van der Waals surface area contributed by atoms with Crippen LogP contribution in [-0.4, -0.2) is 39.8 Å². The van der Waals surface area contributed by atoms with E-state index in [0.717, 1.165) is 37.8 Å². The molecule has 1 fully saturated rings. The molecule has 26 heavy (non-hydrogen) atoms. The van der Waals surface area contributed by atoms with Crippen molar-refractivity contribution in [1.82, 2.24) is 4.90 Å². The summed E-state index contributed by atoms with van der Waals surface area (Å²) in [5.41, 5.74) is 0.434. The highest BCUT2D eigenvalue weighted by atomic mass is 19.3. The van der Waals surface area contributed by atoms with Gasteiger partial charge in [0.05, 0.1) is 5.60 Å². The Morgan fingerprint density at radius 1 is 1.46 bits per heavy atom. The first-order valence-electron chi connectivity index (χ1n) is 9.59. The number of rotatable bonds is 8. The molecule has 1 aromatic rings. The molecule has 3 atom stereocenters. The third-order valence-electron chi connectivity index (χ3n) is 5.90. The molecule has 0 heterocycles. The van der Waals surface area contributed by atoms with Gasteiger partial charge >= 0.3 is 0 Å². The van der Waals surface area contributed by atoms with Gasteiger partial charge in [-0.05, 0) is 51.3 Å². The Labute approximate surface area is 156 Å². The van der Waals surface area contributed by atoms with Crippen molar-refractivity contribution in [2.75, 3.05) is 13.1 Å². The van der Waals surface area contributed by atoms with Gasteiger partial charge in [-0.1, -0.05) is 31.9 Å². The monoisotopic (exact) mass is 365 g/mol. The SMILES string of the molecule is C=CCN(CCC)C(C)C1(O)CCCCC1c1c(C)ccc(OF)c1O. The summed E-state index contributed by atoms with van der Waals surface area (Å²) >= 11 is 0. The zero-order valence-electron chi connectivity index (χ0n) is 16.2. The summed E-state index contributed by atoms with van der Waals surface area (Å²) < 4.78 is 12.8. The number of benzene rings is 1. The third-order valence-corrected chi connectivity index (χ3v) is 5.90. The van der Waals surface area contributed by atoms with E-state index in [9.17, 15) is 14.7 Å². The van der Waals surface area contributed by atoms with E-state index in [0.29, 0.717) is 18.5 Å². The maximum absolute atomic E-state index is 12.8. The molecule has 1 aliphatic carbocycles. The van der Waals surface area contributed by atoms with Gasteiger partial charge < -0.3 is 10.2 Å². The van der Waals surface area contributed by atoms with Crippen molar-refractivity contribution in [3.63, 3.8) is 0 Å². The smallest absolute Gasteiger partial charge is 0.213 e. The minimum atomic E-state index is -1.01. The van der Waals surface area contributed by atoms with Crippen LogP contribution in [0.3, 0.4) is 0 Å². The van der Waals surface area contributed by atoms with Crippen LogP contribution < -0.4 is 4.94 Å². The molecule has 2 N–H and O–H groups in total. The van der Waals surface area contributed by atoms with E-state index in [1.807, 2.05) is 19.9 Å². The first-order chi connectivity index (χ1) is 12.4. The molecule has 0 spiro atoms. The number of aliphatic hydroxyl groups is 1.